The van der Waals surface area contributed by atoms with Crippen LogP contribution < -0.4 is 5.32 Å². The summed E-state index contributed by atoms with van der Waals surface area (Å²) >= 11 is 0. The molecule has 6 heteroatoms. The van der Waals surface area contributed by atoms with Gasteiger partial charge in [0.2, 0.25) is 5.91 Å². The molecule has 0 bridgehead atoms. The summed E-state index contributed by atoms with van der Waals surface area (Å²) in [6, 6.07) is -0.538. The van der Waals surface area contributed by atoms with Gasteiger partial charge in [-0.3, -0.25) is 9.59 Å². The van der Waals surface area contributed by atoms with Crippen molar-refractivity contribution in [2.24, 2.45) is 0 Å². The zero-order chi connectivity index (χ0) is 61.3. The molecule has 0 spiro atoms. The van der Waals surface area contributed by atoms with E-state index in [0.29, 0.717) is 25.9 Å². The summed E-state index contributed by atoms with van der Waals surface area (Å²) in [6.07, 6.45) is 93.4. The largest absolute Gasteiger partial charge is 0.466 e. The molecule has 0 aliphatic rings. The van der Waals surface area contributed by atoms with Gasteiger partial charge in [0.1, 0.15) is 0 Å². The van der Waals surface area contributed by atoms with Crippen molar-refractivity contribution in [3.63, 3.8) is 0 Å². The number of nitrogens with one attached hydrogen (secondary N) is 1. The molecule has 508 valence electrons. The number of hydrogen-bond acceptors (Lipinski definition) is 5. The molecule has 0 aliphatic heterocycles. The number of unbranched alkanes of at least 4 members (excludes halogenated alkanes) is 65. The smallest absolute Gasteiger partial charge is 0.305 e. The first-order valence-corrected chi connectivity index (χ1v) is 39.8. The number of ether oxygens (including phenoxy) is 1. The molecule has 2 unspecified atom stereocenters. The van der Waals surface area contributed by atoms with E-state index in [1.807, 2.05) is 0 Å². The average molecular weight is 1200 g/mol. The van der Waals surface area contributed by atoms with Crippen LogP contribution >= 0.6 is 0 Å². The van der Waals surface area contributed by atoms with Crippen LogP contribution in [0.15, 0.2) is 0 Å². The van der Waals surface area contributed by atoms with Crippen LogP contribution in [-0.4, -0.2) is 47.4 Å². The summed E-state index contributed by atoms with van der Waals surface area (Å²) in [5, 5.41) is 23.4. The minimum absolute atomic E-state index is 0.0252. The Morgan fingerprint density at radius 2 is 0.482 bits per heavy atom. The summed E-state index contributed by atoms with van der Waals surface area (Å²) in [6.45, 7) is 5.02. The third-order valence-corrected chi connectivity index (χ3v) is 19.2. The quantitative estimate of drug-likeness (QED) is 0.0417. The van der Waals surface area contributed by atoms with Gasteiger partial charge in [-0.1, -0.05) is 431 Å². The molecular formula is C79H157NO5. The number of aliphatic hydroxyl groups excluding tert-OH is 2. The maximum atomic E-state index is 12.6. The predicted octanol–water partition coefficient (Wildman–Crippen LogP) is 26.1. The van der Waals surface area contributed by atoms with Crippen LogP contribution in [0.2, 0.25) is 0 Å². The van der Waals surface area contributed by atoms with Crippen molar-refractivity contribution in [3.8, 4) is 0 Å². The molecule has 0 aromatic rings. The molecular weight excluding hydrogens is 1040 g/mol. The third-order valence-electron chi connectivity index (χ3n) is 19.2. The Morgan fingerprint density at radius 3 is 0.718 bits per heavy atom. The molecule has 0 heterocycles. The molecule has 0 radical (unpaired) electrons. The van der Waals surface area contributed by atoms with Crippen LogP contribution in [0.1, 0.15) is 470 Å². The Morgan fingerprint density at radius 1 is 0.282 bits per heavy atom. The fourth-order valence-electron chi connectivity index (χ4n) is 13.1. The number of rotatable bonds is 76. The number of carbonyl (C=O) groups is 2. The van der Waals surface area contributed by atoms with Gasteiger partial charge in [0, 0.05) is 12.8 Å². The highest BCUT2D eigenvalue weighted by molar-refractivity contribution is 5.76. The summed E-state index contributed by atoms with van der Waals surface area (Å²) in [5.41, 5.74) is 0. The van der Waals surface area contributed by atoms with Gasteiger partial charge < -0.3 is 20.3 Å². The van der Waals surface area contributed by atoms with E-state index in [9.17, 15) is 19.8 Å². The molecule has 0 saturated carbocycles. The monoisotopic (exact) mass is 1200 g/mol. The fraction of sp³-hybridized carbons (Fsp3) is 0.975. The summed E-state index contributed by atoms with van der Waals surface area (Å²) < 4.78 is 5.52. The molecule has 0 fully saturated rings. The zero-order valence-electron chi connectivity index (χ0n) is 58.4. The van der Waals surface area contributed by atoms with Crippen LogP contribution in [0.5, 0.6) is 0 Å². The highest BCUT2D eigenvalue weighted by Gasteiger charge is 2.20. The summed E-state index contributed by atoms with van der Waals surface area (Å²) in [7, 11) is 0. The van der Waals surface area contributed by atoms with Crippen LogP contribution in [0, 0.1) is 0 Å². The van der Waals surface area contributed by atoms with E-state index < -0.39 is 12.1 Å². The SMILES string of the molecule is CCCCCCCCCCCCCCCCCCCCCCC(O)C(CO)NC(=O)CCCCCCCCCCCCCCCCCCCCCCCCCCCCCCCCOC(=O)CCCCCCCCCCCCCCCCCCCC. The lowest BCUT2D eigenvalue weighted by Gasteiger charge is -2.22. The molecule has 6 nitrogen and oxygen atoms in total. The lowest BCUT2D eigenvalue weighted by molar-refractivity contribution is -0.143. The van der Waals surface area contributed by atoms with E-state index in [-0.39, 0.29) is 18.5 Å². The maximum Gasteiger partial charge on any atom is 0.305 e. The summed E-state index contributed by atoms with van der Waals surface area (Å²) in [5.74, 6) is 0.000984. The first kappa shape index (κ1) is 83.9. The van der Waals surface area contributed by atoms with Crippen molar-refractivity contribution in [1.82, 2.24) is 5.32 Å². The second kappa shape index (κ2) is 75.3. The Bertz CT molecular complexity index is 1240. The number of aliphatic hydroxyl groups is 2. The van der Waals surface area contributed by atoms with Gasteiger partial charge in [-0.2, -0.15) is 0 Å². The summed E-state index contributed by atoms with van der Waals surface area (Å²) in [4.78, 5) is 24.7. The van der Waals surface area contributed by atoms with Crippen molar-refractivity contribution in [2.45, 2.75) is 482 Å². The molecule has 0 rings (SSSR count). The van der Waals surface area contributed by atoms with E-state index in [4.69, 9.17) is 4.74 Å². The maximum absolute atomic E-state index is 12.6. The normalized spacial score (nSPS) is 12.4. The number of amides is 1. The van der Waals surface area contributed by atoms with Gasteiger partial charge in [-0.25, -0.2) is 0 Å². The van der Waals surface area contributed by atoms with Gasteiger partial charge in [0.05, 0.1) is 25.4 Å². The van der Waals surface area contributed by atoms with Crippen molar-refractivity contribution in [2.75, 3.05) is 13.2 Å². The van der Waals surface area contributed by atoms with Crippen LogP contribution in [-0.2, 0) is 14.3 Å². The Kier molecular flexibility index (Phi) is 74.3. The van der Waals surface area contributed by atoms with Crippen molar-refractivity contribution < 1.29 is 24.5 Å². The molecule has 1 amide bonds. The number of esters is 1. The Hall–Kier alpha value is -1.14. The van der Waals surface area contributed by atoms with Crippen molar-refractivity contribution in [3.05, 3.63) is 0 Å². The lowest BCUT2D eigenvalue weighted by atomic mass is 10.0. The second-order valence-electron chi connectivity index (χ2n) is 27.8. The molecule has 0 aromatic carbocycles. The second-order valence-corrected chi connectivity index (χ2v) is 27.8. The van der Waals surface area contributed by atoms with Crippen LogP contribution in [0.25, 0.3) is 0 Å². The van der Waals surface area contributed by atoms with Crippen LogP contribution in [0.4, 0.5) is 0 Å². The van der Waals surface area contributed by atoms with Crippen molar-refractivity contribution in [1.29, 1.82) is 0 Å². The third kappa shape index (κ3) is 71.8. The topological polar surface area (TPSA) is 95.9 Å². The average Bonchev–Trinajstić information content (AvgIpc) is 3.51. The lowest BCUT2D eigenvalue weighted by Crippen LogP contribution is -2.45. The van der Waals surface area contributed by atoms with E-state index >= 15 is 0 Å². The number of hydrogen-bond donors (Lipinski definition) is 3. The van der Waals surface area contributed by atoms with E-state index in [1.165, 1.54) is 398 Å². The molecule has 85 heavy (non-hydrogen) atoms. The van der Waals surface area contributed by atoms with Gasteiger partial charge in [0.25, 0.3) is 0 Å². The van der Waals surface area contributed by atoms with Gasteiger partial charge >= 0.3 is 5.97 Å². The van der Waals surface area contributed by atoms with E-state index in [0.717, 1.165) is 38.5 Å². The molecule has 0 aliphatic carbocycles. The van der Waals surface area contributed by atoms with Gasteiger partial charge in [0.15, 0.2) is 0 Å². The molecule has 0 saturated heterocycles. The first-order valence-electron chi connectivity index (χ1n) is 39.8. The first-order chi connectivity index (χ1) is 42.0. The molecule has 0 aromatic heterocycles. The minimum Gasteiger partial charge on any atom is -0.466 e. The standard InChI is InChI=1S/C79H157NO5/c1-3-5-7-9-11-13-15-17-19-21-23-36-39-43-47-51-55-59-63-67-71-77(82)76(75-81)80-78(83)72-68-64-60-56-52-48-44-40-37-34-32-30-28-26-24-25-27-29-31-33-35-38-42-46-50-54-58-62-66-70-74-85-79(84)73-69-65-61-57-53-49-45-41-22-20-18-16-14-12-10-8-6-4-2/h76-77,81-82H,3-75H2,1-2H3,(H,80,83). The Balaban J connectivity index is 3.31. The Labute approximate surface area is 534 Å². The highest BCUT2D eigenvalue weighted by atomic mass is 16.5. The van der Waals surface area contributed by atoms with Gasteiger partial charge in [-0.05, 0) is 25.7 Å². The predicted molar refractivity (Wildman–Crippen MR) is 375 cm³/mol. The minimum atomic E-state index is -0.661. The zero-order valence-corrected chi connectivity index (χ0v) is 58.4. The number of carbonyl (C=O) groups excluding carboxylic acids is 2. The fourth-order valence-corrected chi connectivity index (χ4v) is 13.1. The molecule has 3 N–H and O–H groups in total. The van der Waals surface area contributed by atoms with E-state index in [1.54, 1.807) is 0 Å². The van der Waals surface area contributed by atoms with Gasteiger partial charge in [-0.15, -0.1) is 0 Å². The van der Waals surface area contributed by atoms with E-state index in [2.05, 4.69) is 19.2 Å². The molecule has 2 atom stereocenters. The van der Waals surface area contributed by atoms with Crippen molar-refractivity contribution >= 4 is 11.9 Å². The van der Waals surface area contributed by atoms with Crippen LogP contribution in [0.3, 0.4) is 0 Å². The highest BCUT2D eigenvalue weighted by Crippen LogP contribution is 2.21.